The van der Waals surface area contributed by atoms with E-state index in [4.69, 9.17) is 9.47 Å². The maximum Gasteiger partial charge on any atom is 0.339 e. The summed E-state index contributed by atoms with van der Waals surface area (Å²) >= 11 is 0. The minimum Gasteiger partial charge on any atom is -0.489 e. The van der Waals surface area contributed by atoms with Crippen molar-refractivity contribution in [3.8, 4) is 11.5 Å². The number of unbranched alkanes of at least 4 members (excludes halogenated alkanes) is 6. The smallest absolute Gasteiger partial charge is 0.339 e. The number of hydrogen-bond acceptors (Lipinski definition) is 4. The van der Waals surface area contributed by atoms with Crippen molar-refractivity contribution in [1.82, 2.24) is 0 Å². The zero-order chi connectivity index (χ0) is 26.3. The summed E-state index contributed by atoms with van der Waals surface area (Å²) in [6, 6.07) is 23.2. The molecule has 5 heteroatoms. The fourth-order valence-corrected chi connectivity index (χ4v) is 4.40. The number of aliphatic hydroxyl groups excluding tert-OH is 1. The minimum absolute atomic E-state index is 0.211. The monoisotopic (exact) mass is 504 g/mol. The highest BCUT2D eigenvalue weighted by Crippen LogP contribution is 2.32. The van der Waals surface area contributed by atoms with Crippen molar-refractivity contribution in [3.05, 3.63) is 95.1 Å². The number of carboxylic acids is 1. The molecule has 0 aliphatic heterocycles. The molecule has 5 nitrogen and oxygen atoms in total. The van der Waals surface area contributed by atoms with E-state index >= 15 is 0 Å². The number of rotatable bonds is 17. The summed E-state index contributed by atoms with van der Waals surface area (Å²) in [5.74, 6) is -0.0224. The first-order valence-corrected chi connectivity index (χ1v) is 13.4. The molecule has 0 radical (unpaired) electrons. The molecule has 37 heavy (non-hydrogen) atoms. The third-order valence-electron chi connectivity index (χ3n) is 6.42. The molecular formula is C32H40O5. The normalized spacial score (nSPS) is 11.7. The molecule has 0 spiro atoms. The van der Waals surface area contributed by atoms with Gasteiger partial charge in [0.1, 0.15) is 30.3 Å². The van der Waals surface area contributed by atoms with E-state index in [0.717, 1.165) is 61.6 Å². The molecule has 1 atom stereocenters. The number of ether oxygens (including phenoxy) is 2. The molecule has 0 saturated carbocycles. The summed E-state index contributed by atoms with van der Waals surface area (Å²) in [6.45, 7) is 2.53. The molecular weight excluding hydrogens is 464 g/mol. The fraction of sp³-hybridized carbons (Fsp3) is 0.406. The van der Waals surface area contributed by atoms with E-state index in [2.05, 4.69) is 0 Å². The maximum atomic E-state index is 12.3. The summed E-state index contributed by atoms with van der Waals surface area (Å²) in [4.78, 5) is 12.3. The number of carboxylic acid groups (broad SMARTS) is 1. The van der Waals surface area contributed by atoms with E-state index in [1.54, 1.807) is 6.07 Å². The first kappa shape index (κ1) is 28.3. The van der Waals surface area contributed by atoms with E-state index < -0.39 is 5.97 Å². The number of benzene rings is 3. The van der Waals surface area contributed by atoms with Crippen LogP contribution in [0.5, 0.6) is 11.5 Å². The van der Waals surface area contributed by atoms with Gasteiger partial charge in [-0.3, -0.25) is 0 Å². The Morgan fingerprint density at radius 2 is 1.30 bits per heavy atom. The standard InChI is InChI=1S/C32H40O5/c1-25(33)15-9-5-3-2-4-6-14-20-28-21-29(36-23-26-16-10-7-11-17-26)22-30(31(28)32(34)35)37-24-27-18-12-8-13-19-27/h7-8,10-13,16-19,21-22,25,33H,2-6,9,14-15,20,23-24H2,1H3,(H,34,35). The van der Waals surface area contributed by atoms with E-state index in [9.17, 15) is 15.0 Å². The van der Waals surface area contributed by atoms with Crippen LogP contribution in [0.3, 0.4) is 0 Å². The summed E-state index contributed by atoms with van der Waals surface area (Å²) in [5, 5.41) is 19.4. The third-order valence-corrected chi connectivity index (χ3v) is 6.42. The first-order chi connectivity index (χ1) is 18.0. The van der Waals surface area contributed by atoms with Crippen LogP contribution in [0, 0.1) is 0 Å². The Morgan fingerprint density at radius 1 is 0.757 bits per heavy atom. The molecule has 0 saturated heterocycles. The molecule has 0 aromatic heterocycles. The van der Waals surface area contributed by atoms with Crippen molar-refractivity contribution in [1.29, 1.82) is 0 Å². The summed E-state index contributed by atoms with van der Waals surface area (Å²) in [6.07, 6.45) is 8.96. The van der Waals surface area contributed by atoms with Gasteiger partial charge in [-0.15, -0.1) is 0 Å². The molecule has 198 valence electrons. The van der Waals surface area contributed by atoms with Gasteiger partial charge in [0, 0.05) is 6.07 Å². The largest absolute Gasteiger partial charge is 0.489 e. The fourth-order valence-electron chi connectivity index (χ4n) is 4.40. The van der Waals surface area contributed by atoms with Crippen molar-refractivity contribution < 1.29 is 24.5 Å². The summed E-state index contributed by atoms with van der Waals surface area (Å²) < 4.78 is 12.1. The topological polar surface area (TPSA) is 76.0 Å². The Morgan fingerprint density at radius 3 is 1.86 bits per heavy atom. The molecule has 0 fully saturated rings. The number of carbonyl (C=O) groups is 1. The van der Waals surface area contributed by atoms with Gasteiger partial charge >= 0.3 is 5.97 Å². The molecule has 0 amide bonds. The highest BCUT2D eigenvalue weighted by molar-refractivity contribution is 5.93. The van der Waals surface area contributed by atoms with Gasteiger partial charge in [-0.2, -0.15) is 0 Å². The Bertz CT molecular complexity index is 1060. The van der Waals surface area contributed by atoms with Crippen LogP contribution in [0.15, 0.2) is 72.8 Å². The predicted molar refractivity (Wildman–Crippen MR) is 147 cm³/mol. The summed E-state index contributed by atoms with van der Waals surface area (Å²) in [5.41, 5.74) is 3.00. The van der Waals surface area contributed by atoms with E-state index in [0.29, 0.717) is 24.5 Å². The number of aryl methyl sites for hydroxylation is 1. The molecule has 0 bridgehead atoms. The number of hydrogen-bond donors (Lipinski definition) is 2. The van der Waals surface area contributed by atoms with Crippen molar-refractivity contribution in [2.45, 2.75) is 84.0 Å². The minimum atomic E-state index is -0.981. The van der Waals surface area contributed by atoms with E-state index in [1.165, 1.54) is 6.42 Å². The Hall–Kier alpha value is -3.31. The molecule has 0 heterocycles. The Balaban J connectivity index is 1.65. The lowest BCUT2D eigenvalue weighted by molar-refractivity contribution is 0.0690. The van der Waals surface area contributed by atoms with Crippen LogP contribution >= 0.6 is 0 Å². The van der Waals surface area contributed by atoms with Crippen LogP contribution in [-0.2, 0) is 19.6 Å². The van der Waals surface area contributed by atoms with Gasteiger partial charge in [-0.1, -0.05) is 99.2 Å². The van der Waals surface area contributed by atoms with Gasteiger partial charge in [-0.05, 0) is 48.9 Å². The van der Waals surface area contributed by atoms with E-state index in [-0.39, 0.29) is 18.3 Å². The van der Waals surface area contributed by atoms with Crippen LogP contribution < -0.4 is 9.47 Å². The second-order valence-corrected chi connectivity index (χ2v) is 9.67. The van der Waals surface area contributed by atoms with Crippen LogP contribution in [0.4, 0.5) is 0 Å². The van der Waals surface area contributed by atoms with Crippen LogP contribution in [-0.4, -0.2) is 22.3 Å². The predicted octanol–water partition coefficient (Wildman–Crippen LogP) is 7.59. The van der Waals surface area contributed by atoms with Crippen molar-refractivity contribution in [3.63, 3.8) is 0 Å². The summed E-state index contributed by atoms with van der Waals surface area (Å²) in [7, 11) is 0. The quantitative estimate of drug-likeness (QED) is 0.185. The first-order valence-electron chi connectivity index (χ1n) is 13.4. The molecule has 3 rings (SSSR count). The van der Waals surface area contributed by atoms with Crippen LogP contribution in [0.25, 0.3) is 0 Å². The van der Waals surface area contributed by atoms with Gasteiger partial charge in [0.15, 0.2) is 0 Å². The highest BCUT2D eigenvalue weighted by atomic mass is 16.5. The van der Waals surface area contributed by atoms with Crippen molar-refractivity contribution in [2.24, 2.45) is 0 Å². The van der Waals surface area contributed by atoms with Gasteiger partial charge in [0.2, 0.25) is 0 Å². The molecule has 2 N–H and O–H groups in total. The molecule has 1 unspecified atom stereocenters. The van der Waals surface area contributed by atoms with Crippen molar-refractivity contribution >= 4 is 5.97 Å². The average molecular weight is 505 g/mol. The van der Waals surface area contributed by atoms with E-state index in [1.807, 2.05) is 73.7 Å². The Labute approximate surface area is 221 Å². The highest BCUT2D eigenvalue weighted by Gasteiger charge is 2.19. The van der Waals surface area contributed by atoms with Crippen molar-refractivity contribution in [2.75, 3.05) is 0 Å². The lowest BCUT2D eigenvalue weighted by atomic mass is 9.98. The van der Waals surface area contributed by atoms with Crippen LogP contribution in [0.2, 0.25) is 0 Å². The lowest BCUT2D eigenvalue weighted by Gasteiger charge is -2.16. The van der Waals surface area contributed by atoms with Crippen LogP contribution in [0.1, 0.15) is 85.3 Å². The number of aliphatic hydroxyl groups is 1. The Kier molecular flexibility index (Phi) is 12.0. The third kappa shape index (κ3) is 10.3. The lowest BCUT2D eigenvalue weighted by Crippen LogP contribution is -2.09. The molecule has 0 aliphatic rings. The molecule has 3 aromatic rings. The molecule has 0 aliphatic carbocycles. The SMILES string of the molecule is CC(O)CCCCCCCCCc1cc(OCc2ccccc2)cc(OCc2ccccc2)c1C(=O)O. The second-order valence-electron chi connectivity index (χ2n) is 9.67. The second kappa shape index (κ2) is 15.7. The van der Waals surface area contributed by atoms with Gasteiger partial charge in [0.25, 0.3) is 0 Å². The van der Waals surface area contributed by atoms with Gasteiger partial charge < -0.3 is 19.7 Å². The number of aromatic carboxylic acids is 1. The van der Waals surface area contributed by atoms with Gasteiger partial charge in [-0.25, -0.2) is 4.79 Å². The van der Waals surface area contributed by atoms with Gasteiger partial charge in [0.05, 0.1) is 6.10 Å². The maximum absolute atomic E-state index is 12.3. The average Bonchev–Trinajstić information content (AvgIpc) is 2.90. The zero-order valence-electron chi connectivity index (χ0n) is 21.9. The molecule has 3 aromatic carbocycles. The zero-order valence-corrected chi connectivity index (χ0v) is 21.9.